The van der Waals surface area contributed by atoms with Crippen molar-refractivity contribution in [1.29, 1.82) is 0 Å². The van der Waals surface area contributed by atoms with E-state index in [9.17, 15) is 9.59 Å². The van der Waals surface area contributed by atoms with E-state index in [2.05, 4.69) is 41.7 Å². The van der Waals surface area contributed by atoms with Gasteiger partial charge in [0.25, 0.3) is 5.91 Å². The monoisotopic (exact) mass is 364 g/mol. The molecule has 0 aliphatic rings. The van der Waals surface area contributed by atoms with E-state index in [1.807, 2.05) is 0 Å². The molecule has 0 fully saturated rings. The van der Waals surface area contributed by atoms with Crippen molar-refractivity contribution in [3.05, 3.63) is 40.5 Å². The van der Waals surface area contributed by atoms with Gasteiger partial charge in [-0.25, -0.2) is 4.79 Å². The SMILES string of the molecule is Cc1ccc(CSc2nsc(NC(=O)N(C)C)c2C(N)=O)c(C)c1. The molecule has 6 nitrogen and oxygen atoms in total. The second-order valence-corrected chi connectivity index (χ2v) is 7.34. The standard InChI is InChI=1S/C16H20N4O2S2/c1-9-5-6-11(10(2)7-9)8-23-15-12(13(17)21)14(24-19-15)18-16(22)20(3)4/h5-7H,8H2,1-4H3,(H2,17,21)(H,18,22). The number of benzene rings is 1. The van der Waals surface area contributed by atoms with Crippen LogP contribution in [-0.4, -0.2) is 35.3 Å². The molecule has 0 unspecified atom stereocenters. The van der Waals surface area contributed by atoms with Crippen LogP contribution >= 0.6 is 23.3 Å². The fourth-order valence-electron chi connectivity index (χ4n) is 2.04. The minimum Gasteiger partial charge on any atom is -0.365 e. The molecule has 0 saturated carbocycles. The van der Waals surface area contributed by atoms with Crippen LogP contribution in [0.1, 0.15) is 27.0 Å². The lowest BCUT2D eigenvalue weighted by Crippen LogP contribution is -2.28. The number of rotatable bonds is 5. The number of anilines is 1. The van der Waals surface area contributed by atoms with Crippen molar-refractivity contribution < 1.29 is 9.59 Å². The first-order chi connectivity index (χ1) is 11.3. The predicted molar refractivity (Wildman–Crippen MR) is 98.8 cm³/mol. The van der Waals surface area contributed by atoms with Crippen molar-refractivity contribution in [3.63, 3.8) is 0 Å². The molecule has 2 rings (SSSR count). The Balaban J connectivity index is 2.19. The normalized spacial score (nSPS) is 10.5. The molecule has 0 spiro atoms. The summed E-state index contributed by atoms with van der Waals surface area (Å²) in [7, 11) is 3.24. The first kappa shape index (κ1) is 18.3. The van der Waals surface area contributed by atoms with E-state index >= 15 is 0 Å². The minimum absolute atomic E-state index is 0.268. The quantitative estimate of drug-likeness (QED) is 0.797. The molecular weight excluding hydrogens is 344 g/mol. The van der Waals surface area contributed by atoms with Gasteiger partial charge in [-0.15, -0.1) is 0 Å². The van der Waals surface area contributed by atoms with Crippen molar-refractivity contribution in [2.24, 2.45) is 5.73 Å². The Morgan fingerprint density at radius 2 is 2.04 bits per heavy atom. The Labute approximate surface area is 149 Å². The van der Waals surface area contributed by atoms with Crippen LogP contribution in [0.2, 0.25) is 0 Å². The van der Waals surface area contributed by atoms with Gasteiger partial charge in [0.05, 0.1) is 0 Å². The Kier molecular flexibility index (Phi) is 5.84. The van der Waals surface area contributed by atoms with Crippen molar-refractivity contribution in [3.8, 4) is 0 Å². The number of nitrogens with one attached hydrogen (secondary N) is 1. The summed E-state index contributed by atoms with van der Waals surface area (Å²) in [6.45, 7) is 4.11. The van der Waals surface area contributed by atoms with E-state index in [0.717, 1.165) is 11.5 Å². The maximum atomic E-state index is 11.8. The third kappa shape index (κ3) is 4.27. The molecule has 0 aliphatic heterocycles. The lowest BCUT2D eigenvalue weighted by Gasteiger charge is -2.11. The second-order valence-electron chi connectivity index (χ2n) is 5.60. The van der Waals surface area contributed by atoms with E-state index in [1.54, 1.807) is 14.1 Å². The van der Waals surface area contributed by atoms with Crippen LogP contribution in [0, 0.1) is 13.8 Å². The largest absolute Gasteiger partial charge is 0.365 e. The van der Waals surface area contributed by atoms with Crippen molar-refractivity contribution in [2.75, 3.05) is 19.4 Å². The summed E-state index contributed by atoms with van der Waals surface area (Å²) in [5, 5.41) is 3.58. The molecule has 0 bridgehead atoms. The average molecular weight is 364 g/mol. The maximum absolute atomic E-state index is 11.8. The van der Waals surface area contributed by atoms with Gasteiger partial charge in [-0.3, -0.25) is 10.1 Å². The summed E-state index contributed by atoms with van der Waals surface area (Å²) >= 11 is 2.50. The van der Waals surface area contributed by atoms with Crippen LogP contribution in [0.25, 0.3) is 0 Å². The number of primary amides is 1. The molecule has 3 N–H and O–H groups in total. The summed E-state index contributed by atoms with van der Waals surface area (Å²) in [6.07, 6.45) is 0. The summed E-state index contributed by atoms with van der Waals surface area (Å²) in [5.41, 5.74) is 9.33. The lowest BCUT2D eigenvalue weighted by atomic mass is 10.1. The molecule has 128 valence electrons. The molecule has 2 aromatic rings. The number of amides is 3. The summed E-state index contributed by atoms with van der Waals surface area (Å²) < 4.78 is 4.28. The van der Waals surface area contributed by atoms with Gasteiger partial charge in [-0.2, -0.15) is 4.37 Å². The minimum atomic E-state index is -0.596. The van der Waals surface area contributed by atoms with Gasteiger partial charge in [-0.1, -0.05) is 35.5 Å². The average Bonchev–Trinajstić information content (AvgIpc) is 2.89. The summed E-state index contributed by atoms with van der Waals surface area (Å²) in [6, 6.07) is 5.92. The lowest BCUT2D eigenvalue weighted by molar-refractivity contribution is 0.0998. The van der Waals surface area contributed by atoms with Crippen LogP contribution in [0.15, 0.2) is 23.2 Å². The third-order valence-electron chi connectivity index (χ3n) is 3.40. The highest BCUT2D eigenvalue weighted by molar-refractivity contribution is 7.98. The fraction of sp³-hybridized carbons (Fsp3) is 0.312. The zero-order chi connectivity index (χ0) is 17.9. The van der Waals surface area contributed by atoms with Gasteiger partial charge >= 0.3 is 6.03 Å². The molecule has 3 amide bonds. The highest BCUT2D eigenvalue weighted by atomic mass is 32.2. The Morgan fingerprint density at radius 1 is 1.33 bits per heavy atom. The zero-order valence-corrected chi connectivity index (χ0v) is 15.7. The number of aryl methyl sites for hydroxylation is 2. The molecule has 1 aromatic heterocycles. The molecule has 0 atom stereocenters. The summed E-state index contributed by atoms with van der Waals surface area (Å²) in [4.78, 5) is 25.0. The number of nitrogens with zero attached hydrogens (tertiary/aromatic N) is 2. The number of carbonyl (C=O) groups is 2. The van der Waals surface area contributed by atoms with Crippen LogP contribution in [0.5, 0.6) is 0 Å². The molecule has 1 aromatic carbocycles. The number of hydrogen-bond acceptors (Lipinski definition) is 5. The van der Waals surface area contributed by atoms with E-state index in [-0.39, 0.29) is 11.6 Å². The van der Waals surface area contributed by atoms with E-state index in [1.165, 1.54) is 33.4 Å². The van der Waals surface area contributed by atoms with Crippen molar-refractivity contribution in [2.45, 2.75) is 24.6 Å². The smallest absolute Gasteiger partial charge is 0.321 e. The van der Waals surface area contributed by atoms with E-state index < -0.39 is 5.91 Å². The molecule has 24 heavy (non-hydrogen) atoms. The number of thioether (sulfide) groups is 1. The van der Waals surface area contributed by atoms with Crippen LogP contribution in [0.3, 0.4) is 0 Å². The second kappa shape index (κ2) is 7.67. The number of hydrogen-bond donors (Lipinski definition) is 2. The predicted octanol–water partition coefficient (Wildman–Crippen LogP) is 3.24. The highest BCUT2D eigenvalue weighted by Gasteiger charge is 2.21. The van der Waals surface area contributed by atoms with Gasteiger partial charge < -0.3 is 10.6 Å². The molecular formula is C16H20N4O2S2. The van der Waals surface area contributed by atoms with Gasteiger partial charge in [-0.05, 0) is 36.5 Å². The van der Waals surface area contributed by atoms with Gasteiger partial charge in [0.15, 0.2) is 0 Å². The molecule has 1 heterocycles. The molecule has 0 aliphatic carbocycles. The Bertz CT molecular complexity index is 771. The van der Waals surface area contributed by atoms with Crippen molar-refractivity contribution >= 4 is 40.2 Å². The summed E-state index contributed by atoms with van der Waals surface area (Å²) in [5.74, 6) is 0.0814. The topological polar surface area (TPSA) is 88.3 Å². The number of carbonyl (C=O) groups excluding carboxylic acids is 2. The molecule has 8 heteroatoms. The Morgan fingerprint density at radius 3 is 2.62 bits per heavy atom. The zero-order valence-electron chi connectivity index (χ0n) is 14.0. The first-order valence-electron chi connectivity index (χ1n) is 7.26. The van der Waals surface area contributed by atoms with Gasteiger partial charge in [0, 0.05) is 19.8 Å². The fourth-order valence-corrected chi connectivity index (χ4v) is 4.08. The first-order valence-corrected chi connectivity index (χ1v) is 9.02. The number of aromatic nitrogens is 1. The number of nitrogens with two attached hydrogens (primary N) is 1. The Hall–Kier alpha value is -2.06. The van der Waals surface area contributed by atoms with E-state index in [0.29, 0.717) is 15.8 Å². The maximum Gasteiger partial charge on any atom is 0.321 e. The molecule has 0 radical (unpaired) electrons. The van der Waals surface area contributed by atoms with Crippen molar-refractivity contribution in [1.82, 2.24) is 9.27 Å². The van der Waals surface area contributed by atoms with Crippen LogP contribution < -0.4 is 11.1 Å². The highest BCUT2D eigenvalue weighted by Crippen LogP contribution is 2.34. The molecule has 0 saturated heterocycles. The van der Waals surface area contributed by atoms with E-state index in [4.69, 9.17) is 5.73 Å². The van der Waals surface area contributed by atoms with Gasteiger partial charge in [0.2, 0.25) is 0 Å². The third-order valence-corrected chi connectivity index (χ3v) is 5.30. The number of urea groups is 1. The van der Waals surface area contributed by atoms with Gasteiger partial charge in [0.1, 0.15) is 15.6 Å². The van der Waals surface area contributed by atoms with Crippen LogP contribution in [0.4, 0.5) is 9.80 Å². The van der Waals surface area contributed by atoms with Crippen LogP contribution in [-0.2, 0) is 5.75 Å².